The second-order valence-electron chi connectivity index (χ2n) is 6.46. The Hall–Kier alpha value is -2.36. The highest BCUT2D eigenvalue weighted by Gasteiger charge is 2.23. The number of hydrogen-bond donors (Lipinski definition) is 2. The first-order chi connectivity index (χ1) is 12.1. The number of quaternary nitrogens is 1. The third kappa shape index (κ3) is 4.01. The number of rotatable bonds is 4. The van der Waals surface area contributed by atoms with Crippen LogP contribution >= 0.6 is 11.3 Å². The molecule has 1 fully saturated rings. The third-order valence-corrected chi connectivity index (χ3v) is 5.67. The van der Waals surface area contributed by atoms with E-state index in [0.717, 1.165) is 26.2 Å². The molecule has 0 aliphatic carbocycles. The second-order valence-corrected chi connectivity index (χ2v) is 7.37. The summed E-state index contributed by atoms with van der Waals surface area (Å²) in [5.41, 5.74) is 4.50. The summed E-state index contributed by atoms with van der Waals surface area (Å²) >= 11 is 1.39. The van der Waals surface area contributed by atoms with E-state index in [1.807, 2.05) is 5.38 Å². The van der Waals surface area contributed by atoms with Crippen molar-refractivity contribution in [2.24, 2.45) is 0 Å². The molecule has 2 N–H and O–H groups in total. The van der Waals surface area contributed by atoms with Gasteiger partial charge in [0.2, 0.25) is 0 Å². The van der Waals surface area contributed by atoms with Gasteiger partial charge in [-0.15, -0.1) is 11.3 Å². The smallest absolute Gasteiger partial charge is 0.280 e. The highest BCUT2D eigenvalue weighted by atomic mass is 32.1. The fourth-order valence-corrected chi connectivity index (χ4v) is 3.96. The van der Waals surface area contributed by atoms with Crippen LogP contribution in [0.1, 0.15) is 16.7 Å². The quantitative estimate of drug-likeness (QED) is 0.875. The van der Waals surface area contributed by atoms with Crippen LogP contribution in [-0.4, -0.2) is 38.6 Å². The highest BCUT2D eigenvalue weighted by Crippen LogP contribution is 2.23. The molecule has 130 valence electrons. The van der Waals surface area contributed by atoms with Crippen LogP contribution in [0.4, 0.5) is 10.7 Å². The number of thiophene rings is 1. The summed E-state index contributed by atoms with van der Waals surface area (Å²) in [6.07, 6.45) is 0. The van der Waals surface area contributed by atoms with Crippen molar-refractivity contribution >= 4 is 27.9 Å². The fourth-order valence-electron chi connectivity index (χ4n) is 3.21. The Morgan fingerprint density at radius 1 is 1.32 bits per heavy atom. The summed E-state index contributed by atoms with van der Waals surface area (Å²) in [7, 11) is 0. The summed E-state index contributed by atoms with van der Waals surface area (Å²) in [6.45, 7) is 8.55. The van der Waals surface area contributed by atoms with E-state index in [1.54, 1.807) is 6.07 Å². The van der Waals surface area contributed by atoms with Gasteiger partial charge >= 0.3 is 0 Å². The number of hydrogen-bond acceptors (Lipinski definition) is 4. The Labute approximate surface area is 152 Å². The Morgan fingerprint density at radius 2 is 2.08 bits per heavy atom. The van der Waals surface area contributed by atoms with Gasteiger partial charge in [-0.2, -0.15) is 5.26 Å². The minimum Gasteiger partial charge on any atom is -0.360 e. The molecule has 3 rings (SSSR count). The number of benzene rings is 1. The Kier molecular flexibility index (Phi) is 5.37. The number of nitriles is 1. The third-order valence-electron chi connectivity index (χ3n) is 4.84. The standard InChI is InChI=1S/C19H22N4OS/c1-14-4-3-5-17(15(14)2)23-9-7-22(8-10-23)13-18(24)21-19-16(12-20)6-11-25-19/h3-6,11H,7-10,13H2,1-2H3,(H,21,24)/p+1. The van der Waals surface area contributed by atoms with E-state index in [9.17, 15) is 4.79 Å². The van der Waals surface area contributed by atoms with E-state index in [1.165, 1.54) is 33.1 Å². The number of nitrogens with zero attached hydrogens (tertiary/aromatic N) is 2. The number of piperazine rings is 1. The van der Waals surface area contributed by atoms with Crippen LogP contribution in [0.15, 0.2) is 29.6 Å². The molecular weight excluding hydrogens is 332 g/mol. The van der Waals surface area contributed by atoms with Crippen LogP contribution in [0, 0.1) is 25.2 Å². The van der Waals surface area contributed by atoms with Crippen LogP contribution in [0.2, 0.25) is 0 Å². The van der Waals surface area contributed by atoms with E-state index >= 15 is 0 Å². The predicted octanol–water partition coefficient (Wildman–Crippen LogP) is 1.58. The fraction of sp³-hybridized carbons (Fsp3) is 0.368. The first kappa shape index (κ1) is 17.5. The van der Waals surface area contributed by atoms with Gasteiger partial charge in [0.25, 0.3) is 5.91 Å². The monoisotopic (exact) mass is 355 g/mol. The number of nitrogens with one attached hydrogen (secondary N) is 2. The van der Waals surface area contributed by atoms with Gasteiger partial charge in [0.15, 0.2) is 6.54 Å². The lowest BCUT2D eigenvalue weighted by molar-refractivity contribution is -0.892. The summed E-state index contributed by atoms with van der Waals surface area (Å²) in [4.78, 5) is 15.9. The van der Waals surface area contributed by atoms with Gasteiger partial charge in [0, 0.05) is 5.69 Å². The zero-order valence-corrected chi connectivity index (χ0v) is 15.4. The first-order valence-corrected chi connectivity index (χ1v) is 9.38. The van der Waals surface area contributed by atoms with E-state index in [4.69, 9.17) is 5.26 Å². The number of aryl methyl sites for hydroxylation is 1. The molecule has 2 heterocycles. The van der Waals surface area contributed by atoms with Crippen LogP contribution in [0.5, 0.6) is 0 Å². The topological polar surface area (TPSA) is 60.6 Å². The Balaban J connectivity index is 1.53. The van der Waals surface area contributed by atoms with Crippen molar-refractivity contribution in [1.82, 2.24) is 0 Å². The van der Waals surface area contributed by atoms with E-state index in [2.05, 4.69) is 48.3 Å². The van der Waals surface area contributed by atoms with Gasteiger partial charge in [0.05, 0.1) is 31.7 Å². The molecule has 6 heteroatoms. The molecule has 1 aromatic carbocycles. The average Bonchev–Trinajstić information content (AvgIpc) is 3.05. The molecule has 1 amide bonds. The van der Waals surface area contributed by atoms with Crippen LogP contribution in [0.25, 0.3) is 0 Å². The molecule has 5 nitrogen and oxygen atoms in total. The molecular formula is C19H23N4OS+. The SMILES string of the molecule is Cc1cccc(N2CC[NH+](CC(=O)Nc3sccc3C#N)CC2)c1C. The molecule has 1 aliphatic rings. The maximum atomic E-state index is 12.2. The van der Waals surface area contributed by atoms with Crippen LogP contribution in [-0.2, 0) is 4.79 Å². The lowest BCUT2D eigenvalue weighted by Crippen LogP contribution is -3.15. The molecule has 1 aliphatic heterocycles. The maximum absolute atomic E-state index is 12.2. The van der Waals surface area contributed by atoms with Crippen molar-refractivity contribution in [2.75, 3.05) is 42.9 Å². The van der Waals surface area contributed by atoms with Gasteiger partial charge in [-0.3, -0.25) is 4.79 Å². The molecule has 1 aromatic heterocycles. The lowest BCUT2D eigenvalue weighted by atomic mass is 10.1. The number of amides is 1. The average molecular weight is 355 g/mol. The van der Waals surface area contributed by atoms with Crippen molar-refractivity contribution in [3.8, 4) is 6.07 Å². The molecule has 0 saturated carbocycles. The van der Waals surface area contributed by atoms with Crippen LogP contribution < -0.4 is 15.1 Å². The van der Waals surface area contributed by atoms with E-state index in [-0.39, 0.29) is 5.91 Å². The van der Waals surface area contributed by atoms with Gasteiger partial charge in [-0.05, 0) is 42.5 Å². The molecule has 0 radical (unpaired) electrons. The molecule has 0 bridgehead atoms. The molecule has 25 heavy (non-hydrogen) atoms. The number of carbonyl (C=O) groups is 1. The second kappa shape index (κ2) is 7.68. The molecule has 0 unspecified atom stereocenters. The van der Waals surface area contributed by atoms with E-state index < -0.39 is 0 Å². The van der Waals surface area contributed by atoms with Gasteiger partial charge < -0.3 is 15.1 Å². The maximum Gasteiger partial charge on any atom is 0.280 e. The normalized spacial score (nSPS) is 15.0. The van der Waals surface area contributed by atoms with Gasteiger partial charge in [-0.1, -0.05) is 12.1 Å². The highest BCUT2D eigenvalue weighted by molar-refractivity contribution is 7.14. The minimum atomic E-state index is -0.0193. The van der Waals surface area contributed by atoms with Crippen LogP contribution in [0.3, 0.4) is 0 Å². The lowest BCUT2D eigenvalue weighted by Gasteiger charge is -2.34. The van der Waals surface area contributed by atoms with Crippen molar-refractivity contribution in [1.29, 1.82) is 5.26 Å². The largest absolute Gasteiger partial charge is 0.360 e. The predicted molar refractivity (Wildman–Crippen MR) is 101 cm³/mol. The Morgan fingerprint density at radius 3 is 2.80 bits per heavy atom. The van der Waals surface area contributed by atoms with Gasteiger partial charge in [-0.25, -0.2) is 0 Å². The molecule has 2 aromatic rings. The van der Waals surface area contributed by atoms with Crippen molar-refractivity contribution in [3.63, 3.8) is 0 Å². The first-order valence-electron chi connectivity index (χ1n) is 8.50. The van der Waals surface area contributed by atoms with E-state index in [0.29, 0.717) is 17.1 Å². The summed E-state index contributed by atoms with van der Waals surface area (Å²) < 4.78 is 0. The van der Waals surface area contributed by atoms with Gasteiger partial charge in [0.1, 0.15) is 11.1 Å². The van der Waals surface area contributed by atoms with Crippen molar-refractivity contribution < 1.29 is 9.69 Å². The molecule has 0 atom stereocenters. The number of carbonyl (C=O) groups excluding carboxylic acids is 1. The zero-order chi connectivity index (χ0) is 17.8. The van der Waals surface area contributed by atoms with Crippen molar-refractivity contribution in [2.45, 2.75) is 13.8 Å². The summed E-state index contributed by atoms with van der Waals surface area (Å²) in [5, 5.41) is 14.4. The minimum absolute atomic E-state index is 0.0193. The number of anilines is 2. The summed E-state index contributed by atoms with van der Waals surface area (Å²) in [6, 6.07) is 10.3. The molecule has 0 spiro atoms. The summed E-state index contributed by atoms with van der Waals surface area (Å²) in [5.74, 6) is -0.0193. The van der Waals surface area contributed by atoms with Crippen molar-refractivity contribution in [3.05, 3.63) is 46.3 Å². The molecule has 1 saturated heterocycles. The Bertz CT molecular complexity index is 800. The zero-order valence-electron chi connectivity index (χ0n) is 14.6.